The molecule has 2 fully saturated rings. The third kappa shape index (κ3) is 1.88. The fourth-order valence-electron chi connectivity index (χ4n) is 5.79. The predicted octanol–water partition coefficient (Wildman–Crippen LogP) is 2.02. The molecule has 0 unspecified atom stereocenters. The van der Waals surface area contributed by atoms with Crippen molar-refractivity contribution >= 4 is 17.5 Å². The van der Waals surface area contributed by atoms with Gasteiger partial charge in [-0.05, 0) is 38.0 Å². The molecule has 0 aromatic carbocycles. The van der Waals surface area contributed by atoms with Crippen LogP contribution in [-0.2, 0) is 19.1 Å². The third-order valence-corrected chi connectivity index (χ3v) is 7.01. The van der Waals surface area contributed by atoms with Gasteiger partial charge in [0, 0.05) is 22.1 Å². The molecule has 4 aliphatic rings. The number of Topliss-reactive ketones (excluding diaryl/α,β-unsaturated/α-hetero) is 2. The summed E-state index contributed by atoms with van der Waals surface area (Å²) < 4.78 is 5.47. The van der Waals surface area contributed by atoms with Crippen molar-refractivity contribution in [3.05, 3.63) is 22.5 Å². The number of carbonyl (C=O) groups is 3. The highest BCUT2D eigenvalue weighted by Gasteiger charge is 2.66. The Morgan fingerprint density at radius 2 is 1.85 bits per heavy atom. The second-order valence-electron chi connectivity index (χ2n) is 8.67. The SMILES string of the molecule is CC(C)C1=C(O)C2=C(C(=O)C1=O)[C@]13CCC[C@](C)(C(=O)OC1)[C@@H]3C[C@H]2O. The van der Waals surface area contributed by atoms with E-state index in [1.165, 1.54) is 0 Å². The smallest absolute Gasteiger partial charge is 0.312 e. The molecule has 0 amide bonds. The van der Waals surface area contributed by atoms with Crippen molar-refractivity contribution in [3.8, 4) is 0 Å². The molecule has 3 aliphatic carbocycles. The highest BCUT2D eigenvalue weighted by atomic mass is 16.5. The molecule has 26 heavy (non-hydrogen) atoms. The lowest BCUT2D eigenvalue weighted by Gasteiger charge is -2.59. The zero-order valence-corrected chi connectivity index (χ0v) is 15.3. The number of hydrogen-bond donors (Lipinski definition) is 2. The number of ether oxygens (including phenoxy) is 1. The Balaban J connectivity index is 1.99. The molecule has 2 bridgehead atoms. The van der Waals surface area contributed by atoms with Crippen LogP contribution in [0, 0.1) is 22.7 Å². The van der Waals surface area contributed by atoms with Crippen LogP contribution < -0.4 is 0 Å². The predicted molar refractivity (Wildman–Crippen MR) is 91.0 cm³/mol. The molecule has 6 nitrogen and oxygen atoms in total. The van der Waals surface area contributed by atoms with Gasteiger partial charge >= 0.3 is 5.97 Å². The van der Waals surface area contributed by atoms with Gasteiger partial charge in [0.05, 0.1) is 11.5 Å². The summed E-state index contributed by atoms with van der Waals surface area (Å²) in [7, 11) is 0. The van der Waals surface area contributed by atoms with E-state index in [0.29, 0.717) is 12.8 Å². The molecule has 1 saturated heterocycles. The molecule has 140 valence electrons. The highest BCUT2D eigenvalue weighted by molar-refractivity contribution is 6.50. The number of rotatable bonds is 1. The number of carbonyl (C=O) groups excluding carboxylic acids is 3. The van der Waals surface area contributed by atoms with Gasteiger partial charge in [-0.15, -0.1) is 0 Å². The summed E-state index contributed by atoms with van der Waals surface area (Å²) in [6, 6.07) is 0. The van der Waals surface area contributed by atoms with Crippen LogP contribution in [0.2, 0.25) is 0 Å². The van der Waals surface area contributed by atoms with Crippen LogP contribution in [0.15, 0.2) is 22.5 Å². The quantitative estimate of drug-likeness (QED) is 0.421. The molecular weight excluding hydrogens is 336 g/mol. The van der Waals surface area contributed by atoms with Crippen LogP contribution >= 0.6 is 0 Å². The Morgan fingerprint density at radius 1 is 1.15 bits per heavy atom. The van der Waals surface area contributed by atoms with E-state index < -0.39 is 28.5 Å². The van der Waals surface area contributed by atoms with E-state index in [4.69, 9.17) is 4.74 Å². The first-order chi connectivity index (χ1) is 12.1. The van der Waals surface area contributed by atoms with Gasteiger partial charge in [0.1, 0.15) is 12.4 Å². The van der Waals surface area contributed by atoms with E-state index >= 15 is 0 Å². The maximum absolute atomic E-state index is 13.1. The number of aliphatic hydroxyl groups excluding tert-OH is 2. The van der Waals surface area contributed by atoms with Crippen LogP contribution in [0.4, 0.5) is 0 Å². The number of ketones is 2. The van der Waals surface area contributed by atoms with E-state index in [1.807, 2.05) is 6.92 Å². The van der Waals surface area contributed by atoms with Crippen molar-refractivity contribution in [3.63, 3.8) is 0 Å². The fraction of sp³-hybridized carbons (Fsp3) is 0.650. The van der Waals surface area contributed by atoms with Gasteiger partial charge in [0.2, 0.25) is 11.6 Å². The average Bonchev–Trinajstić information content (AvgIpc) is 2.56. The van der Waals surface area contributed by atoms with E-state index in [0.717, 1.165) is 6.42 Å². The van der Waals surface area contributed by atoms with E-state index in [-0.39, 0.29) is 53.3 Å². The third-order valence-electron chi connectivity index (χ3n) is 7.01. The summed E-state index contributed by atoms with van der Waals surface area (Å²) in [6.07, 6.45) is 1.18. The number of aliphatic hydroxyl groups is 2. The van der Waals surface area contributed by atoms with Crippen molar-refractivity contribution < 1.29 is 29.3 Å². The maximum Gasteiger partial charge on any atom is 0.312 e. The van der Waals surface area contributed by atoms with E-state index in [1.54, 1.807) is 13.8 Å². The van der Waals surface area contributed by atoms with Gasteiger partial charge in [0.15, 0.2) is 0 Å². The van der Waals surface area contributed by atoms with Crippen LogP contribution in [0.5, 0.6) is 0 Å². The lowest BCUT2D eigenvalue weighted by Crippen LogP contribution is -2.62. The molecule has 2 N–H and O–H groups in total. The molecular formula is C20H24O6. The minimum atomic E-state index is -1.07. The Kier molecular flexibility index (Phi) is 3.55. The summed E-state index contributed by atoms with van der Waals surface area (Å²) in [4.78, 5) is 38.3. The number of hydrogen-bond acceptors (Lipinski definition) is 6. The minimum absolute atomic E-state index is 0.0287. The van der Waals surface area contributed by atoms with Crippen LogP contribution in [0.1, 0.15) is 46.5 Å². The maximum atomic E-state index is 13.1. The second-order valence-corrected chi connectivity index (χ2v) is 8.67. The van der Waals surface area contributed by atoms with Crippen molar-refractivity contribution in [2.75, 3.05) is 6.61 Å². The molecule has 4 rings (SSSR count). The van der Waals surface area contributed by atoms with Crippen molar-refractivity contribution in [1.29, 1.82) is 0 Å². The first-order valence-electron chi connectivity index (χ1n) is 9.27. The molecule has 4 atom stereocenters. The number of esters is 1. The Morgan fingerprint density at radius 3 is 2.50 bits per heavy atom. The van der Waals surface area contributed by atoms with Crippen LogP contribution in [0.3, 0.4) is 0 Å². The molecule has 1 saturated carbocycles. The van der Waals surface area contributed by atoms with Crippen molar-refractivity contribution in [2.45, 2.75) is 52.6 Å². The summed E-state index contributed by atoms with van der Waals surface area (Å²) in [5.41, 5.74) is -1.15. The van der Waals surface area contributed by atoms with Gasteiger partial charge in [-0.1, -0.05) is 20.3 Å². The normalized spacial score (nSPS) is 39.8. The highest BCUT2D eigenvalue weighted by Crippen LogP contribution is 2.64. The zero-order chi connectivity index (χ0) is 19.0. The Bertz CT molecular complexity index is 803. The molecule has 1 heterocycles. The average molecular weight is 360 g/mol. The first kappa shape index (κ1) is 17.5. The summed E-state index contributed by atoms with van der Waals surface area (Å²) >= 11 is 0. The summed E-state index contributed by atoms with van der Waals surface area (Å²) in [6.45, 7) is 5.33. The lowest BCUT2D eigenvalue weighted by molar-refractivity contribution is -0.195. The van der Waals surface area contributed by atoms with Gasteiger partial charge in [-0.2, -0.15) is 0 Å². The molecule has 6 heteroatoms. The lowest BCUT2D eigenvalue weighted by atomic mass is 9.46. The topological polar surface area (TPSA) is 101 Å². The Hall–Kier alpha value is -1.95. The van der Waals surface area contributed by atoms with Gasteiger partial charge in [-0.3, -0.25) is 14.4 Å². The molecule has 0 aromatic rings. The number of cyclic esters (lactones) is 1. The zero-order valence-electron chi connectivity index (χ0n) is 15.3. The monoisotopic (exact) mass is 360 g/mol. The molecule has 1 aliphatic heterocycles. The van der Waals surface area contributed by atoms with Gasteiger partial charge in [0.25, 0.3) is 0 Å². The fourth-order valence-corrected chi connectivity index (χ4v) is 5.79. The van der Waals surface area contributed by atoms with E-state index in [9.17, 15) is 24.6 Å². The molecule has 0 aromatic heterocycles. The summed E-state index contributed by atoms with van der Waals surface area (Å²) in [5, 5.41) is 21.6. The molecule has 0 spiro atoms. The van der Waals surface area contributed by atoms with Crippen LogP contribution in [-0.4, -0.2) is 40.5 Å². The second kappa shape index (κ2) is 5.28. The molecule has 0 radical (unpaired) electrons. The first-order valence-corrected chi connectivity index (χ1v) is 9.27. The van der Waals surface area contributed by atoms with Crippen molar-refractivity contribution in [1.82, 2.24) is 0 Å². The van der Waals surface area contributed by atoms with Gasteiger partial charge in [-0.25, -0.2) is 0 Å². The van der Waals surface area contributed by atoms with Gasteiger partial charge < -0.3 is 14.9 Å². The minimum Gasteiger partial charge on any atom is -0.507 e. The van der Waals surface area contributed by atoms with E-state index in [2.05, 4.69) is 0 Å². The van der Waals surface area contributed by atoms with Crippen LogP contribution in [0.25, 0.3) is 0 Å². The summed E-state index contributed by atoms with van der Waals surface area (Å²) in [5.74, 6) is -2.53. The largest absolute Gasteiger partial charge is 0.507 e. The standard InChI is InChI=1S/C20H24O6/c1-9(2)12-15(22)13-10(21)7-11-19(3)5-4-6-20(11,8-26-18(19)25)14(13)17(24)16(12)23/h9-11,21-22H,4-8H2,1-3H3/t10-,11+,19+,20-/m1/s1. The Labute approximate surface area is 151 Å². The number of allylic oxidation sites excluding steroid dienone is 1. The van der Waals surface area contributed by atoms with Crippen molar-refractivity contribution in [2.24, 2.45) is 22.7 Å².